The second kappa shape index (κ2) is 10.6. The summed E-state index contributed by atoms with van der Waals surface area (Å²) in [6.45, 7) is 7.44. The van der Waals surface area contributed by atoms with Crippen molar-refractivity contribution >= 4 is 21.4 Å². The van der Waals surface area contributed by atoms with Gasteiger partial charge in [-0.2, -0.15) is 5.26 Å². The van der Waals surface area contributed by atoms with E-state index in [1.54, 1.807) is 37.4 Å². The van der Waals surface area contributed by atoms with Crippen molar-refractivity contribution in [1.82, 2.24) is 9.88 Å². The maximum absolute atomic E-state index is 12.7. The quantitative estimate of drug-likeness (QED) is 0.481. The number of benzene rings is 2. The summed E-state index contributed by atoms with van der Waals surface area (Å²) < 4.78 is 24.0. The minimum atomic E-state index is -3.26. The molecule has 1 aromatic heterocycles. The van der Waals surface area contributed by atoms with E-state index in [1.807, 2.05) is 30.3 Å². The predicted molar refractivity (Wildman–Crippen MR) is 139 cm³/mol. The van der Waals surface area contributed by atoms with E-state index in [1.165, 1.54) is 0 Å². The van der Waals surface area contributed by atoms with E-state index < -0.39 is 9.84 Å². The molecule has 7 nitrogen and oxygen atoms in total. The van der Waals surface area contributed by atoms with E-state index in [-0.39, 0.29) is 29.0 Å². The number of rotatable bonds is 8. The molecule has 0 fully saturated rings. The third-order valence-corrected chi connectivity index (χ3v) is 8.21. The Bertz CT molecular complexity index is 1390. The minimum Gasteiger partial charge on any atom is -0.324 e. The summed E-state index contributed by atoms with van der Waals surface area (Å²) in [7, 11) is -3.26. The topological polar surface area (TPSA) is 103 Å². The van der Waals surface area contributed by atoms with Gasteiger partial charge in [0.15, 0.2) is 9.84 Å². The first kappa shape index (κ1) is 25.5. The second-order valence-electron chi connectivity index (χ2n) is 9.44. The SMILES string of the molecule is CCS(=O)(=O)c1ccc(CC(=O)Nc2cnc3c(c2)CN(Cc2ccc(C#N)cc2)C3C(C)C)cc1. The first-order chi connectivity index (χ1) is 17.2. The van der Waals surface area contributed by atoms with Gasteiger partial charge in [0, 0.05) is 13.1 Å². The highest BCUT2D eigenvalue weighted by molar-refractivity contribution is 7.91. The summed E-state index contributed by atoms with van der Waals surface area (Å²) in [6, 6.07) is 18.4. The van der Waals surface area contributed by atoms with Crippen molar-refractivity contribution in [3.8, 4) is 6.07 Å². The number of sulfone groups is 1. The van der Waals surface area contributed by atoms with Crippen molar-refractivity contribution in [2.75, 3.05) is 11.1 Å². The lowest BCUT2D eigenvalue weighted by Crippen LogP contribution is -2.25. The Kier molecular flexibility index (Phi) is 7.53. The largest absolute Gasteiger partial charge is 0.324 e. The van der Waals surface area contributed by atoms with Crippen LogP contribution in [0.2, 0.25) is 0 Å². The Labute approximate surface area is 212 Å². The van der Waals surface area contributed by atoms with Gasteiger partial charge in [-0.05, 0) is 52.9 Å². The van der Waals surface area contributed by atoms with Crippen LogP contribution in [0.1, 0.15) is 54.8 Å². The molecular weight excluding hydrogens is 472 g/mol. The number of carbonyl (C=O) groups excluding carboxylic acids is 1. The van der Waals surface area contributed by atoms with Crippen molar-refractivity contribution in [3.05, 3.63) is 88.7 Å². The van der Waals surface area contributed by atoms with Gasteiger partial charge in [0.05, 0.1) is 52.3 Å². The predicted octanol–water partition coefficient (Wildman–Crippen LogP) is 4.64. The zero-order valence-corrected chi connectivity index (χ0v) is 21.5. The number of amides is 1. The molecule has 0 spiro atoms. The fourth-order valence-corrected chi connectivity index (χ4v) is 5.54. The zero-order chi connectivity index (χ0) is 25.9. The minimum absolute atomic E-state index is 0.0424. The van der Waals surface area contributed by atoms with E-state index in [4.69, 9.17) is 10.2 Å². The van der Waals surface area contributed by atoms with Crippen LogP contribution < -0.4 is 5.32 Å². The van der Waals surface area contributed by atoms with Crippen LogP contribution in [0.4, 0.5) is 5.69 Å². The van der Waals surface area contributed by atoms with Crippen molar-refractivity contribution in [1.29, 1.82) is 5.26 Å². The van der Waals surface area contributed by atoms with Crippen LogP contribution in [0, 0.1) is 17.2 Å². The smallest absolute Gasteiger partial charge is 0.228 e. The summed E-state index contributed by atoms with van der Waals surface area (Å²) in [6.07, 6.45) is 1.84. The first-order valence-corrected chi connectivity index (χ1v) is 13.7. The second-order valence-corrected chi connectivity index (χ2v) is 11.7. The molecule has 0 aliphatic carbocycles. The molecule has 1 N–H and O–H groups in total. The number of nitriles is 1. The summed E-state index contributed by atoms with van der Waals surface area (Å²) in [5.41, 5.74) is 5.29. The molecule has 0 saturated carbocycles. The van der Waals surface area contributed by atoms with Crippen LogP contribution in [0.25, 0.3) is 0 Å². The Hall–Kier alpha value is -3.54. The van der Waals surface area contributed by atoms with Crippen LogP contribution in [0.5, 0.6) is 0 Å². The van der Waals surface area contributed by atoms with E-state index in [2.05, 4.69) is 30.1 Å². The van der Waals surface area contributed by atoms with Gasteiger partial charge in [0.1, 0.15) is 0 Å². The Morgan fingerprint density at radius 2 is 1.81 bits per heavy atom. The molecule has 1 amide bonds. The Balaban J connectivity index is 1.44. The summed E-state index contributed by atoms with van der Waals surface area (Å²) >= 11 is 0. The van der Waals surface area contributed by atoms with Crippen LogP contribution in [-0.2, 0) is 34.1 Å². The molecule has 2 aromatic carbocycles. The van der Waals surface area contributed by atoms with Crippen LogP contribution >= 0.6 is 0 Å². The van der Waals surface area contributed by atoms with E-state index in [0.29, 0.717) is 17.2 Å². The number of hydrogen-bond acceptors (Lipinski definition) is 6. The van der Waals surface area contributed by atoms with Crippen molar-refractivity contribution in [3.63, 3.8) is 0 Å². The zero-order valence-electron chi connectivity index (χ0n) is 20.7. The molecule has 1 aliphatic heterocycles. The summed E-state index contributed by atoms with van der Waals surface area (Å²) in [5, 5.41) is 12.0. The Morgan fingerprint density at radius 1 is 1.14 bits per heavy atom. The van der Waals surface area contributed by atoms with Gasteiger partial charge in [0.2, 0.25) is 5.91 Å². The highest BCUT2D eigenvalue weighted by atomic mass is 32.2. The van der Waals surface area contributed by atoms with E-state index in [0.717, 1.165) is 35.5 Å². The molecule has 0 saturated heterocycles. The average molecular weight is 503 g/mol. The number of carbonyl (C=O) groups is 1. The van der Waals surface area contributed by atoms with Crippen LogP contribution in [0.3, 0.4) is 0 Å². The molecule has 4 rings (SSSR count). The van der Waals surface area contributed by atoms with E-state index in [9.17, 15) is 13.2 Å². The third-order valence-electron chi connectivity index (χ3n) is 6.46. The van der Waals surface area contributed by atoms with Gasteiger partial charge in [-0.15, -0.1) is 0 Å². The third kappa shape index (κ3) is 5.64. The fraction of sp³-hybridized carbons (Fsp3) is 0.321. The van der Waals surface area contributed by atoms with Gasteiger partial charge in [0.25, 0.3) is 0 Å². The average Bonchev–Trinajstić information content (AvgIpc) is 3.22. The molecule has 3 aromatic rings. The number of pyridine rings is 1. The first-order valence-electron chi connectivity index (χ1n) is 12.0. The molecule has 36 heavy (non-hydrogen) atoms. The fourth-order valence-electron chi connectivity index (χ4n) is 4.66. The number of aromatic nitrogens is 1. The molecule has 8 heteroatoms. The molecule has 0 radical (unpaired) electrons. The van der Waals surface area contributed by atoms with Gasteiger partial charge in [-0.25, -0.2) is 8.42 Å². The number of anilines is 1. The highest BCUT2D eigenvalue weighted by Crippen LogP contribution is 2.39. The molecule has 2 heterocycles. The molecular formula is C28H30N4O3S. The standard InChI is InChI=1S/C28H30N4O3S/c1-4-36(34,35)25-11-9-20(10-12-25)13-26(33)31-24-14-23-18-32(28(19(2)3)27(23)30-16-24)17-22-7-5-21(15-29)6-8-22/h5-12,14,16,19,28H,4,13,17-18H2,1-3H3,(H,31,33). The van der Waals surface area contributed by atoms with Crippen molar-refractivity contribution in [2.45, 2.75) is 51.2 Å². The van der Waals surface area contributed by atoms with Gasteiger partial charge in [-0.1, -0.05) is 45.0 Å². The molecule has 1 unspecified atom stereocenters. The lowest BCUT2D eigenvalue weighted by molar-refractivity contribution is -0.115. The normalized spacial score (nSPS) is 15.5. The number of nitrogens with one attached hydrogen (secondary N) is 1. The Morgan fingerprint density at radius 3 is 2.42 bits per heavy atom. The van der Waals surface area contributed by atoms with Crippen LogP contribution in [-0.4, -0.2) is 30.0 Å². The maximum Gasteiger partial charge on any atom is 0.228 e. The molecule has 1 atom stereocenters. The maximum atomic E-state index is 12.7. The molecule has 186 valence electrons. The molecule has 0 bridgehead atoms. The number of hydrogen-bond donors (Lipinski definition) is 1. The van der Waals surface area contributed by atoms with Crippen molar-refractivity contribution in [2.24, 2.45) is 5.92 Å². The highest BCUT2D eigenvalue weighted by Gasteiger charge is 2.34. The monoisotopic (exact) mass is 502 g/mol. The lowest BCUT2D eigenvalue weighted by atomic mass is 9.99. The summed E-state index contributed by atoms with van der Waals surface area (Å²) in [5.74, 6) is 0.216. The van der Waals surface area contributed by atoms with E-state index >= 15 is 0 Å². The van der Waals surface area contributed by atoms with Gasteiger partial charge >= 0.3 is 0 Å². The number of fused-ring (bicyclic) bond motifs is 1. The van der Waals surface area contributed by atoms with Crippen LogP contribution in [0.15, 0.2) is 65.7 Å². The summed E-state index contributed by atoms with van der Waals surface area (Å²) in [4.78, 5) is 20.0. The van der Waals surface area contributed by atoms with Gasteiger partial charge < -0.3 is 5.32 Å². The van der Waals surface area contributed by atoms with Gasteiger partial charge in [-0.3, -0.25) is 14.7 Å². The molecule has 1 aliphatic rings. The lowest BCUT2D eigenvalue weighted by Gasteiger charge is -2.27. The van der Waals surface area contributed by atoms with Crippen molar-refractivity contribution < 1.29 is 13.2 Å². The number of nitrogens with zero attached hydrogens (tertiary/aromatic N) is 3.